The first-order chi connectivity index (χ1) is 17.8. The van der Waals surface area contributed by atoms with Crippen LogP contribution >= 0.6 is 0 Å². The number of allylic oxidation sites excluding steroid dienone is 6. The molecule has 3 aromatic heterocycles. The fourth-order valence-corrected chi connectivity index (χ4v) is 2.95. The molecule has 0 bridgehead atoms. The zero-order valence-electron chi connectivity index (χ0n) is 19.4. The van der Waals surface area contributed by atoms with Gasteiger partial charge in [0.2, 0.25) is 0 Å². The van der Waals surface area contributed by atoms with Gasteiger partial charge in [0.1, 0.15) is 11.7 Å². The average molecular weight is 697 g/mol. The molecule has 3 heterocycles. The van der Waals surface area contributed by atoms with Crippen LogP contribution in [0, 0.1) is 0 Å². The largest absolute Gasteiger partial charge is 0.543 e. The third-order valence-electron chi connectivity index (χ3n) is 4.65. The maximum Gasteiger partial charge on any atom is 0.156 e. The number of aromatic nitrogens is 3. The van der Waals surface area contributed by atoms with E-state index in [2.05, 4.69) is 26.4 Å². The van der Waals surface area contributed by atoms with Gasteiger partial charge in [-0.3, -0.25) is 15.0 Å². The molecule has 0 saturated heterocycles. The number of aromatic carboxylic acids is 1. The minimum Gasteiger partial charge on any atom is -0.543 e. The van der Waals surface area contributed by atoms with Crippen molar-refractivity contribution in [2.24, 2.45) is 0 Å². The summed E-state index contributed by atoms with van der Waals surface area (Å²) in [4.78, 5) is 21.5. The van der Waals surface area contributed by atoms with Crippen LogP contribution in [0.1, 0.15) is 21.9 Å². The number of carbonyl (C=O) groups is 1. The molecule has 0 aliphatic heterocycles. The summed E-state index contributed by atoms with van der Waals surface area (Å²) in [5, 5.41) is 10.0. The molecule has 0 saturated carbocycles. The van der Waals surface area contributed by atoms with Crippen molar-refractivity contribution < 1.29 is 47.6 Å². The van der Waals surface area contributed by atoms with Crippen LogP contribution in [0.3, 0.4) is 0 Å². The molecule has 2 aliphatic rings. The number of hydrogen-bond donors (Lipinski definition) is 0. The number of rotatable bonds is 3. The van der Waals surface area contributed by atoms with Gasteiger partial charge >= 0.3 is 0 Å². The molecule has 10 heteroatoms. The second-order valence-corrected chi connectivity index (χ2v) is 7.24. The van der Waals surface area contributed by atoms with E-state index in [0.717, 1.165) is 24.3 Å². The predicted octanol–water partition coefficient (Wildman–Crippen LogP) is 5.09. The second-order valence-electron chi connectivity index (χ2n) is 7.24. The predicted molar refractivity (Wildman–Crippen MR) is 128 cm³/mol. The van der Waals surface area contributed by atoms with E-state index < -0.39 is 30.0 Å². The summed E-state index contributed by atoms with van der Waals surface area (Å²) in [6.07, 6.45) is 5.63. The number of nitrogens with zero attached hydrogens (tertiary/aromatic N) is 3. The number of carboxylic acid groups (broad SMARTS) is 1. The Bertz CT molecular complexity index is 1330. The van der Waals surface area contributed by atoms with Crippen LogP contribution in [0.4, 0.5) is 17.6 Å². The first kappa shape index (κ1) is 30.0. The van der Waals surface area contributed by atoms with E-state index in [9.17, 15) is 27.5 Å². The number of carbonyl (C=O) groups excluding carboxylic acids is 1. The maximum absolute atomic E-state index is 13.3. The van der Waals surface area contributed by atoms with Crippen molar-refractivity contribution in [2.45, 2.75) is 12.3 Å². The smallest absolute Gasteiger partial charge is 0.156 e. The van der Waals surface area contributed by atoms with Gasteiger partial charge in [-0.2, -0.15) is 0 Å². The summed E-state index contributed by atoms with van der Waals surface area (Å²) in [6, 6.07) is 14.9. The maximum atomic E-state index is 13.3. The topological polar surface area (TPSA) is 78.8 Å². The van der Waals surface area contributed by atoms with E-state index in [1.807, 2.05) is 0 Å². The molecule has 1 radical (unpaired) electrons. The molecule has 195 valence electrons. The van der Waals surface area contributed by atoms with Crippen LogP contribution in [0.25, 0.3) is 11.1 Å². The van der Waals surface area contributed by atoms with Crippen molar-refractivity contribution in [1.29, 1.82) is 0 Å². The van der Waals surface area contributed by atoms with E-state index in [1.54, 1.807) is 60.9 Å². The van der Waals surface area contributed by atoms with Crippen LogP contribution < -0.4 is 5.11 Å². The monoisotopic (exact) mass is 697 g/mol. The number of pyridine rings is 3. The van der Waals surface area contributed by atoms with E-state index in [4.69, 9.17) is 0 Å². The Morgan fingerprint density at radius 3 is 1.42 bits per heavy atom. The van der Waals surface area contributed by atoms with Gasteiger partial charge in [0.25, 0.3) is 0 Å². The first-order valence-electron chi connectivity index (χ1n) is 10.8. The summed E-state index contributed by atoms with van der Waals surface area (Å²) < 4.78 is 51.8. The summed E-state index contributed by atoms with van der Waals surface area (Å²) in [5.41, 5.74) is 6.57. The third-order valence-corrected chi connectivity index (χ3v) is 4.65. The minimum absolute atomic E-state index is 0. The van der Waals surface area contributed by atoms with Crippen molar-refractivity contribution in [2.75, 3.05) is 0 Å². The van der Waals surface area contributed by atoms with Crippen LogP contribution in [0.5, 0.6) is 0 Å². The van der Waals surface area contributed by atoms with Crippen LogP contribution in [-0.4, -0.2) is 33.3 Å². The Morgan fingerprint density at radius 2 is 1.13 bits per heavy atom. The Morgan fingerprint density at radius 1 is 0.711 bits per heavy atom. The minimum atomic E-state index is -1.46. The summed E-state index contributed by atoms with van der Waals surface area (Å²) >= 11 is 0. The SMILES string of the molecule is FC1=CC(F)C(c2ccccn2)=C=C1.FC1=CC(F)C(c2ccccn2)=C=C1.O=C([O-])c1ccccn1.[Ir]. The van der Waals surface area contributed by atoms with Crippen molar-refractivity contribution in [3.05, 3.63) is 138 Å². The molecular weight excluding hydrogens is 679 g/mol. The summed E-state index contributed by atoms with van der Waals surface area (Å²) in [7, 11) is 0. The molecule has 2 aliphatic carbocycles. The van der Waals surface area contributed by atoms with E-state index in [-0.39, 0.29) is 36.9 Å². The molecule has 38 heavy (non-hydrogen) atoms. The molecule has 5 nitrogen and oxygen atoms in total. The zero-order chi connectivity index (χ0) is 26.6. The molecule has 2 unspecified atom stereocenters. The average Bonchev–Trinajstić information content (AvgIpc) is 2.91. The van der Waals surface area contributed by atoms with Crippen molar-refractivity contribution in [1.82, 2.24) is 15.0 Å². The van der Waals surface area contributed by atoms with Gasteiger partial charge in [0.05, 0.1) is 34.2 Å². The van der Waals surface area contributed by atoms with Gasteiger partial charge in [-0.1, -0.05) is 18.2 Å². The summed E-state index contributed by atoms with van der Waals surface area (Å²) in [5.74, 6) is -2.44. The standard InChI is InChI=1S/2C11H7F2N.C6H5NO2.Ir/c2*12-8-4-5-9(10(13)7-8)11-3-1-2-6-14-11;8-6(9)5-3-1-2-4-7-5;/h2*1-4,6-7,10H;1-4H,(H,8,9);/p-1. The van der Waals surface area contributed by atoms with Crippen molar-refractivity contribution in [3.63, 3.8) is 0 Å². The fourth-order valence-electron chi connectivity index (χ4n) is 2.95. The number of alkyl halides is 2. The molecule has 0 amide bonds. The number of hydrogen-bond acceptors (Lipinski definition) is 5. The number of halogens is 4. The second kappa shape index (κ2) is 15.2. The summed E-state index contributed by atoms with van der Waals surface area (Å²) in [6.45, 7) is 0. The normalized spacial score (nSPS) is 17.1. The quantitative estimate of drug-likeness (QED) is 0.282. The molecule has 0 N–H and O–H groups in total. The van der Waals surface area contributed by atoms with Crippen LogP contribution in [0.2, 0.25) is 0 Å². The van der Waals surface area contributed by atoms with Gasteiger partial charge in [0, 0.05) is 50.8 Å². The van der Waals surface area contributed by atoms with Gasteiger partial charge < -0.3 is 9.90 Å². The molecule has 0 fully saturated rings. The van der Waals surface area contributed by atoms with E-state index in [0.29, 0.717) is 11.4 Å². The zero-order valence-corrected chi connectivity index (χ0v) is 21.8. The van der Waals surface area contributed by atoms with Gasteiger partial charge in [-0.05, 0) is 48.6 Å². The fraction of sp³-hybridized carbons (Fsp3) is 0.0714. The van der Waals surface area contributed by atoms with Crippen molar-refractivity contribution in [3.8, 4) is 0 Å². The van der Waals surface area contributed by atoms with Crippen LogP contribution in [0.15, 0.2) is 121 Å². The Hall–Kier alpha value is -4.19. The molecule has 0 aromatic carbocycles. The Balaban J connectivity index is 0.000000203. The molecule has 0 spiro atoms. The van der Waals surface area contributed by atoms with Crippen LogP contribution in [-0.2, 0) is 20.1 Å². The Labute approximate surface area is 229 Å². The third kappa shape index (κ3) is 9.03. The molecular formula is C28H18F4IrN3O2-. The Kier molecular flexibility index (Phi) is 12.0. The van der Waals surface area contributed by atoms with E-state index in [1.165, 1.54) is 12.3 Å². The van der Waals surface area contributed by atoms with Gasteiger partial charge in [-0.25, -0.2) is 17.6 Å². The van der Waals surface area contributed by atoms with Gasteiger partial charge in [-0.15, -0.1) is 11.5 Å². The molecule has 3 aromatic rings. The van der Waals surface area contributed by atoms with Crippen molar-refractivity contribution >= 4 is 17.1 Å². The van der Waals surface area contributed by atoms with Gasteiger partial charge in [0.15, 0.2) is 12.3 Å². The molecule has 2 atom stereocenters. The van der Waals surface area contributed by atoms with E-state index >= 15 is 0 Å². The number of carboxylic acids is 1. The first-order valence-corrected chi connectivity index (χ1v) is 10.8. The molecule has 5 rings (SSSR count).